The molecular weight excluding hydrogens is 405 g/mol. The molecule has 2 rings (SSSR count). The van der Waals surface area contributed by atoms with Gasteiger partial charge in [0.2, 0.25) is 0 Å². The third-order valence-electron chi connectivity index (χ3n) is 2.48. The van der Waals surface area contributed by atoms with Gasteiger partial charge in [-0.15, -0.1) is 0 Å². The first kappa shape index (κ1) is 13.5. The van der Waals surface area contributed by atoms with E-state index in [-0.39, 0.29) is 5.91 Å². The smallest absolute Gasteiger partial charge is 0.252 e. The lowest BCUT2D eigenvalue weighted by molar-refractivity contribution is 0.0950. The van der Waals surface area contributed by atoms with E-state index in [2.05, 4.69) is 43.8 Å². The van der Waals surface area contributed by atoms with Crippen LogP contribution in [0, 0.1) is 3.57 Å². The molecule has 0 aromatic heterocycles. The van der Waals surface area contributed by atoms with Gasteiger partial charge in [0.1, 0.15) is 0 Å². The van der Waals surface area contributed by atoms with Crippen LogP contribution in [0.15, 0.2) is 53.0 Å². The number of nitrogens with one attached hydrogen (secondary N) is 1. The van der Waals surface area contributed by atoms with Gasteiger partial charge in [-0.3, -0.25) is 4.79 Å². The molecular formula is C14H11BrINO. The number of hydrogen-bond acceptors (Lipinski definition) is 1. The molecule has 0 radical (unpaired) electrons. The van der Waals surface area contributed by atoms with Gasteiger partial charge < -0.3 is 5.32 Å². The summed E-state index contributed by atoms with van der Waals surface area (Å²) in [5.74, 6) is -0.0390. The number of rotatable bonds is 3. The van der Waals surface area contributed by atoms with Crippen molar-refractivity contribution in [2.75, 3.05) is 0 Å². The average molecular weight is 416 g/mol. The van der Waals surface area contributed by atoms with Crippen LogP contribution in [0.1, 0.15) is 15.9 Å². The van der Waals surface area contributed by atoms with E-state index in [4.69, 9.17) is 0 Å². The van der Waals surface area contributed by atoms with Crippen molar-refractivity contribution in [3.05, 3.63) is 67.7 Å². The van der Waals surface area contributed by atoms with Gasteiger partial charge in [0.25, 0.3) is 5.91 Å². The van der Waals surface area contributed by atoms with Crippen molar-refractivity contribution >= 4 is 44.4 Å². The molecule has 1 amide bonds. The molecule has 0 unspecified atom stereocenters. The molecule has 4 heteroatoms. The van der Waals surface area contributed by atoms with Gasteiger partial charge in [-0.05, 0) is 52.4 Å². The van der Waals surface area contributed by atoms with Gasteiger partial charge in [0, 0.05) is 14.6 Å². The summed E-state index contributed by atoms with van der Waals surface area (Å²) in [6, 6.07) is 15.5. The van der Waals surface area contributed by atoms with E-state index in [1.807, 2.05) is 48.5 Å². The van der Waals surface area contributed by atoms with Crippen LogP contribution in [0.25, 0.3) is 0 Å². The molecule has 0 aliphatic heterocycles. The molecule has 2 aromatic rings. The highest BCUT2D eigenvalue weighted by Crippen LogP contribution is 2.12. The third kappa shape index (κ3) is 3.55. The van der Waals surface area contributed by atoms with Gasteiger partial charge in [-0.1, -0.05) is 40.2 Å². The summed E-state index contributed by atoms with van der Waals surface area (Å²) in [4.78, 5) is 12.0. The predicted molar refractivity (Wildman–Crippen MR) is 84.5 cm³/mol. The lowest BCUT2D eigenvalue weighted by Gasteiger charge is -2.07. The Labute approximate surface area is 128 Å². The molecule has 92 valence electrons. The number of halogens is 2. The molecule has 0 heterocycles. The standard InChI is InChI=1S/C14H11BrINO/c15-11-7-5-10(6-8-11)9-17-14(18)12-3-1-2-4-13(12)16/h1-8H,9H2,(H,17,18). The second-order valence-electron chi connectivity index (χ2n) is 3.79. The fraction of sp³-hybridized carbons (Fsp3) is 0.0714. The monoisotopic (exact) mass is 415 g/mol. The summed E-state index contributed by atoms with van der Waals surface area (Å²) in [6.45, 7) is 0.539. The molecule has 0 atom stereocenters. The van der Waals surface area contributed by atoms with Crippen molar-refractivity contribution in [2.45, 2.75) is 6.54 Å². The summed E-state index contributed by atoms with van der Waals surface area (Å²) in [5.41, 5.74) is 1.80. The molecule has 0 saturated carbocycles. The molecule has 0 fully saturated rings. The van der Waals surface area contributed by atoms with Crippen molar-refractivity contribution < 1.29 is 4.79 Å². The summed E-state index contributed by atoms with van der Waals surface area (Å²) in [6.07, 6.45) is 0. The number of carbonyl (C=O) groups excluding carboxylic acids is 1. The minimum absolute atomic E-state index is 0.0390. The fourth-order valence-corrected chi connectivity index (χ4v) is 2.42. The average Bonchev–Trinajstić information content (AvgIpc) is 2.38. The van der Waals surface area contributed by atoms with E-state index in [0.717, 1.165) is 19.2 Å². The first-order valence-corrected chi connectivity index (χ1v) is 7.31. The zero-order chi connectivity index (χ0) is 13.0. The lowest BCUT2D eigenvalue weighted by atomic mass is 10.2. The van der Waals surface area contributed by atoms with Crippen LogP contribution in [-0.4, -0.2) is 5.91 Å². The van der Waals surface area contributed by atoms with Crippen LogP contribution in [-0.2, 0) is 6.54 Å². The minimum atomic E-state index is -0.0390. The Morgan fingerprint density at radius 1 is 1.11 bits per heavy atom. The summed E-state index contributed by atoms with van der Waals surface area (Å²) in [5, 5.41) is 2.92. The summed E-state index contributed by atoms with van der Waals surface area (Å²) >= 11 is 5.55. The fourth-order valence-electron chi connectivity index (χ4n) is 1.53. The lowest BCUT2D eigenvalue weighted by Crippen LogP contribution is -2.23. The molecule has 0 saturated heterocycles. The molecule has 0 bridgehead atoms. The highest BCUT2D eigenvalue weighted by atomic mass is 127. The Morgan fingerprint density at radius 3 is 2.44 bits per heavy atom. The Bertz CT molecular complexity index is 554. The first-order chi connectivity index (χ1) is 8.66. The molecule has 0 aliphatic carbocycles. The number of hydrogen-bond donors (Lipinski definition) is 1. The van der Waals surface area contributed by atoms with Gasteiger partial charge in [-0.2, -0.15) is 0 Å². The number of amides is 1. The quantitative estimate of drug-likeness (QED) is 0.754. The largest absolute Gasteiger partial charge is 0.348 e. The topological polar surface area (TPSA) is 29.1 Å². The van der Waals surface area contributed by atoms with E-state index in [1.165, 1.54) is 0 Å². The van der Waals surface area contributed by atoms with Gasteiger partial charge in [0.15, 0.2) is 0 Å². The van der Waals surface area contributed by atoms with Crippen LogP contribution in [0.2, 0.25) is 0 Å². The Balaban J connectivity index is 2.01. The van der Waals surface area contributed by atoms with Crippen molar-refractivity contribution in [3.8, 4) is 0 Å². The molecule has 1 N–H and O–H groups in total. The van der Waals surface area contributed by atoms with Crippen LogP contribution in [0.5, 0.6) is 0 Å². The van der Waals surface area contributed by atoms with E-state index in [9.17, 15) is 4.79 Å². The highest BCUT2D eigenvalue weighted by Gasteiger charge is 2.08. The molecule has 2 aromatic carbocycles. The van der Waals surface area contributed by atoms with Crippen LogP contribution in [0.3, 0.4) is 0 Å². The zero-order valence-electron chi connectivity index (χ0n) is 9.49. The zero-order valence-corrected chi connectivity index (χ0v) is 13.2. The predicted octanol–water partition coefficient (Wildman–Crippen LogP) is 3.98. The van der Waals surface area contributed by atoms with Crippen LogP contribution < -0.4 is 5.32 Å². The van der Waals surface area contributed by atoms with Crippen molar-refractivity contribution in [1.82, 2.24) is 5.32 Å². The normalized spacial score (nSPS) is 10.1. The van der Waals surface area contributed by atoms with Crippen molar-refractivity contribution in [1.29, 1.82) is 0 Å². The SMILES string of the molecule is O=C(NCc1ccc(Br)cc1)c1ccccc1I. The Morgan fingerprint density at radius 2 is 1.78 bits per heavy atom. The number of carbonyl (C=O) groups is 1. The summed E-state index contributed by atoms with van der Waals surface area (Å²) < 4.78 is 2.00. The molecule has 2 nitrogen and oxygen atoms in total. The molecule has 0 spiro atoms. The molecule has 0 aliphatic rings. The summed E-state index contributed by atoms with van der Waals surface area (Å²) in [7, 11) is 0. The van der Waals surface area contributed by atoms with Gasteiger partial charge >= 0.3 is 0 Å². The second kappa shape index (κ2) is 6.33. The van der Waals surface area contributed by atoms with Crippen LogP contribution in [0.4, 0.5) is 0 Å². The van der Waals surface area contributed by atoms with Gasteiger partial charge in [0.05, 0.1) is 5.56 Å². The maximum Gasteiger partial charge on any atom is 0.252 e. The molecule has 18 heavy (non-hydrogen) atoms. The Kier molecular flexibility index (Phi) is 4.77. The maximum absolute atomic E-state index is 12.0. The number of benzene rings is 2. The Hall–Kier alpha value is -0.880. The van der Waals surface area contributed by atoms with E-state index in [0.29, 0.717) is 6.54 Å². The first-order valence-electron chi connectivity index (χ1n) is 5.44. The van der Waals surface area contributed by atoms with Crippen LogP contribution >= 0.6 is 38.5 Å². The maximum atomic E-state index is 12.0. The van der Waals surface area contributed by atoms with Gasteiger partial charge in [-0.25, -0.2) is 0 Å². The highest BCUT2D eigenvalue weighted by molar-refractivity contribution is 14.1. The van der Waals surface area contributed by atoms with E-state index < -0.39 is 0 Å². The minimum Gasteiger partial charge on any atom is -0.348 e. The second-order valence-corrected chi connectivity index (χ2v) is 5.87. The van der Waals surface area contributed by atoms with E-state index >= 15 is 0 Å². The van der Waals surface area contributed by atoms with E-state index in [1.54, 1.807) is 0 Å². The van der Waals surface area contributed by atoms with Crippen molar-refractivity contribution in [2.24, 2.45) is 0 Å². The van der Waals surface area contributed by atoms with Crippen molar-refractivity contribution in [3.63, 3.8) is 0 Å². The third-order valence-corrected chi connectivity index (χ3v) is 3.95.